The number of aromatic nitrogens is 1. The van der Waals surface area contributed by atoms with Crippen LogP contribution in [0.5, 0.6) is 11.5 Å². The van der Waals surface area contributed by atoms with Gasteiger partial charge in [0.15, 0.2) is 17.1 Å². The summed E-state index contributed by atoms with van der Waals surface area (Å²) in [6.45, 7) is 2.20. The van der Waals surface area contributed by atoms with E-state index in [9.17, 15) is 14.7 Å². The van der Waals surface area contributed by atoms with E-state index in [-0.39, 0.29) is 43.3 Å². The van der Waals surface area contributed by atoms with Gasteiger partial charge in [-0.3, -0.25) is 9.79 Å². The summed E-state index contributed by atoms with van der Waals surface area (Å²) in [5.41, 5.74) is 9.64. The van der Waals surface area contributed by atoms with Crippen molar-refractivity contribution in [2.24, 2.45) is 16.6 Å². The largest absolute Gasteiger partial charge is 0.458 e. The average Bonchev–Trinajstić information content (AvgIpc) is 3.43. The molecule has 33 heavy (non-hydrogen) atoms. The first-order chi connectivity index (χ1) is 15.9. The molecule has 3 N–H and O–H groups in total. The average molecular weight is 449 g/mol. The Kier molecular flexibility index (Phi) is 3.65. The number of hydrogen-bond donors (Lipinski definition) is 2. The lowest BCUT2D eigenvalue weighted by atomic mass is 9.69. The van der Waals surface area contributed by atoms with Crippen LogP contribution in [-0.2, 0) is 34.7 Å². The van der Waals surface area contributed by atoms with E-state index >= 15 is 0 Å². The van der Waals surface area contributed by atoms with Crippen molar-refractivity contribution in [2.75, 3.05) is 6.79 Å². The third-order valence-corrected chi connectivity index (χ3v) is 8.02. The van der Waals surface area contributed by atoms with E-state index in [0.29, 0.717) is 29.1 Å². The van der Waals surface area contributed by atoms with Crippen LogP contribution in [0.2, 0.25) is 0 Å². The molecular formula is C24H23N3O6. The minimum Gasteiger partial charge on any atom is -0.458 e. The minimum absolute atomic E-state index is 0.00924. The lowest BCUT2D eigenvalue weighted by molar-refractivity contribution is -0.172. The molecule has 0 amide bonds. The van der Waals surface area contributed by atoms with Gasteiger partial charge in [0.2, 0.25) is 6.79 Å². The molecule has 1 aliphatic carbocycles. The first kappa shape index (κ1) is 19.3. The third kappa shape index (κ3) is 2.26. The molecule has 7 rings (SSSR count). The van der Waals surface area contributed by atoms with Crippen LogP contribution in [0.25, 0.3) is 0 Å². The van der Waals surface area contributed by atoms with Gasteiger partial charge in [-0.1, -0.05) is 6.92 Å². The van der Waals surface area contributed by atoms with Gasteiger partial charge in [-0.2, -0.15) is 0 Å². The molecule has 0 bridgehead atoms. The summed E-state index contributed by atoms with van der Waals surface area (Å²) < 4.78 is 18.3. The van der Waals surface area contributed by atoms with Crippen LogP contribution < -0.4 is 20.8 Å². The number of ether oxygens (including phenoxy) is 3. The van der Waals surface area contributed by atoms with E-state index in [1.54, 1.807) is 17.6 Å². The Morgan fingerprint density at radius 3 is 2.91 bits per heavy atom. The highest BCUT2D eigenvalue weighted by Crippen LogP contribution is 2.54. The maximum Gasteiger partial charge on any atom is 0.343 e. The molecule has 1 aromatic heterocycles. The summed E-state index contributed by atoms with van der Waals surface area (Å²) in [6, 6.07) is 3.57. The highest BCUT2D eigenvalue weighted by atomic mass is 16.7. The maximum absolute atomic E-state index is 13.5. The van der Waals surface area contributed by atoms with E-state index in [4.69, 9.17) is 24.9 Å². The Morgan fingerprint density at radius 2 is 2.09 bits per heavy atom. The van der Waals surface area contributed by atoms with Gasteiger partial charge in [0, 0.05) is 41.6 Å². The van der Waals surface area contributed by atoms with Gasteiger partial charge in [0.1, 0.15) is 6.61 Å². The summed E-state index contributed by atoms with van der Waals surface area (Å²) in [5.74, 6) is 0.666. The second-order valence-corrected chi connectivity index (χ2v) is 9.48. The van der Waals surface area contributed by atoms with Gasteiger partial charge >= 0.3 is 5.97 Å². The highest BCUT2D eigenvalue weighted by Gasteiger charge is 2.49. The molecular weight excluding hydrogens is 426 g/mol. The number of aliphatic hydroxyl groups is 1. The third-order valence-electron chi connectivity index (χ3n) is 8.02. The molecule has 1 aromatic carbocycles. The van der Waals surface area contributed by atoms with Gasteiger partial charge in [-0.25, -0.2) is 4.79 Å². The molecule has 9 nitrogen and oxygen atoms in total. The van der Waals surface area contributed by atoms with Crippen molar-refractivity contribution in [3.8, 4) is 11.5 Å². The van der Waals surface area contributed by atoms with Crippen LogP contribution in [0.3, 0.4) is 0 Å². The smallest absolute Gasteiger partial charge is 0.343 e. The fraction of sp³-hybridized carbons (Fsp3) is 0.458. The molecule has 5 heterocycles. The van der Waals surface area contributed by atoms with Gasteiger partial charge in [-0.05, 0) is 30.9 Å². The zero-order chi connectivity index (χ0) is 22.6. The number of rotatable bonds is 1. The van der Waals surface area contributed by atoms with Crippen molar-refractivity contribution >= 4 is 17.4 Å². The van der Waals surface area contributed by atoms with E-state index in [2.05, 4.69) is 0 Å². The number of benzene rings is 1. The number of fused-ring (bicyclic) bond motifs is 7. The fourth-order valence-electron chi connectivity index (χ4n) is 6.35. The molecule has 0 radical (unpaired) electrons. The molecule has 4 aliphatic heterocycles. The van der Waals surface area contributed by atoms with Crippen molar-refractivity contribution in [1.82, 2.24) is 4.57 Å². The van der Waals surface area contributed by atoms with Crippen molar-refractivity contribution in [3.05, 3.63) is 50.4 Å². The molecule has 4 atom stereocenters. The number of hydrogen-bond acceptors (Lipinski definition) is 8. The molecule has 9 heteroatoms. The van der Waals surface area contributed by atoms with Crippen LogP contribution in [0.15, 0.2) is 21.9 Å². The van der Waals surface area contributed by atoms with Crippen LogP contribution in [-0.4, -0.2) is 34.2 Å². The number of cyclic esters (lactones) is 1. The number of carbonyl (C=O) groups excluding carboxylic acids is 1. The Morgan fingerprint density at radius 1 is 1.24 bits per heavy atom. The van der Waals surface area contributed by atoms with Crippen LogP contribution in [0.1, 0.15) is 53.6 Å². The summed E-state index contributed by atoms with van der Waals surface area (Å²) >= 11 is 0. The molecule has 0 saturated heterocycles. The monoisotopic (exact) mass is 449 g/mol. The lowest BCUT2D eigenvalue weighted by Crippen LogP contribution is -2.44. The number of aliphatic imine (C=N–C) groups is 1. The summed E-state index contributed by atoms with van der Waals surface area (Å²) in [5, 5.41) is 11.1. The van der Waals surface area contributed by atoms with Crippen LogP contribution >= 0.6 is 0 Å². The van der Waals surface area contributed by atoms with Crippen molar-refractivity contribution < 1.29 is 24.1 Å². The Bertz CT molecular complexity index is 1360. The molecule has 0 fully saturated rings. The number of nitrogens with two attached hydrogens (primary N) is 1. The normalized spacial score (nSPS) is 30.1. The second-order valence-electron chi connectivity index (χ2n) is 9.48. The topological polar surface area (TPSA) is 125 Å². The predicted molar refractivity (Wildman–Crippen MR) is 116 cm³/mol. The predicted octanol–water partition coefficient (Wildman–Crippen LogP) is 1.35. The fourth-order valence-corrected chi connectivity index (χ4v) is 6.35. The van der Waals surface area contributed by atoms with Crippen LogP contribution in [0, 0.1) is 5.92 Å². The maximum atomic E-state index is 13.5. The zero-order valence-corrected chi connectivity index (χ0v) is 18.1. The van der Waals surface area contributed by atoms with E-state index < -0.39 is 11.6 Å². The molecule has 2 aromatic rings. The number of nitrogens with zero attached hydrogens (tertiary/aromatic N) is 2. The van der Waals surface area contributed by atoms with E-state index in [1.807, 2.05) is 6.07 Å². The van der Waals surface area contributed by atoms with Gasteiger partial charge in [0.25, 0.3) is 5.56 Å². The van der Waals surface area contributed by atoms with Gasteiger partial charge in [0.05, 0.1) is 22.7 Å². The summed E-state index contributed by atoms with van der Waals surface area (Å²) in [6.07, 6.45) is 1.72. The van der Waals surface area contributed by atoms with E-state index in [0.717, 1.165) is 41.1 Å². The lowest BCUT2D eigenvalue weighted by Gasteiger charge is -2.38. The second kappa shape index (κ2) is 6.24. The molecule has 2 unspecified atom stereocenters. The quantitative estimate of drug-likeness (QED) is 0.630. The molecule has 170 valence electrons. The first-order valence-corrected chi connectivity index (χ1v) is 11.4. The van der Waals surface area contributed by atoms with Gasteiger partial charge < -0.3 is 29.6 Å². The number of pyridine rings is 1. The van der Waals surface area contributed by atoms with E-state index in [1.165, 1.54) is 0 Å². The standard InChI is InChI=1S/C24H23N3O6/c1-2-24(30)13-5-16-20-11(7-27(16)22(28)12(13)8-31-23(24)29)18-14(25)4-3-10-19(18)15(26-20)6-17-21(10)33-9-32-17/h5-6,11,14,18,30H,2-4,7-9,25H2,1H3/t11?,14-,18?,24-/m0/s1. The Balaban J connectivity index is 1.48. The number of carbonyl (C=O) groups is 1. The van der Waals surface area contributed by atoms with Crippen molar-refractivity contribution in [3.63, 3.8) is 0 Å². The number of esters is 1. The molecule has 0 saturated carbocycles. The SMILES string of the molecule is CC[C@@]1(O)C(=O)OCc2c1cc1n(c2=O)CC2C1=Nc1cc3c(c4c1C2[C@@H](N)CC4)OCO3. The van der Waals surface area contributed by atoms with Crippen LogP contribution in [0.4, 0.5) is 5.69 Å². The Labute approximate surface area is 188 Å². The molecule has 5 aliphatic rings. The van der Waals surface area contributed by atoms with Crippen molar-refractivity contribution in [1.29, 1.82) is 0 Å². The van der Waals surface area contributed by atoms with Crippen molar-refractivity contribution in [2.45, 2.75) is 56.9 Å². The Hall–Kier alpha value is -3.17. The van der Waals surface area contributed by atoms with Gasteiger partial charge in [-0.15, -0.1) is 0 Å². The highest BCUT2D eigenvalue weighted by molar-refractivity contribution is 6.07. The first-order valence-electron chi connectivity index (χ1n) is 11.4. The minimum atomic E-state index is -1.84. The zero-order valence-electron chi connectivity index (χ0n) is 18.1. The molecule has 0 spiro atoms. The summed E-state index contributed by atoms with van der Waals surface area (Å²) in [4.78, 5) is 30.9. The summed E-state index contributed by atoms with van der Waals surface area (Å²) in [7, 11) is 0.